The number of nitrogens with one attached hydrogen (secondary N) is 1. The van der Waals surface area contributed by atoms with E-state index in [4.69, 9.17) is 0 Å². The van der Waals surface area contributed by atoms with Crippen LogP contribution in [0, 0.1) is 0 Å². The zero-order valence-electron chi connectivity index (χ0n) is 31.0. The van der Waals surface area contributed by atoms with Gasteiger partial charge in [0, 0.05) is 35.6 Å². The quantitative estimate of drug-likeness (QED) is 0.171. The van der Waals surface area contributed by atoms with E-state index in [1.807, 2.05) is 171 Å². The molecule has 8 rings (SSSR count). The van der Waals surface area contributed by atoms with E-state index < -0.39 is 0 Å². The van der Waals surface area contributed by atoms with Crippen molar-refractivity contribution in [3.8, 4) is 0 Å². The van der Waals surface area contributed by atoms with Gasteiger partial charge in [0.05, 0.1) is 44.1 Å². The van der Waals surface area contributed by atoms with Crippen molar-refractivity contribution in [3.05, 3.63) is 151 Å². The molecule has 49 heavy (non-hydrogen) atoms. The summed E-state index contributed by atoms with van der Waals surface area (Å²) in [6.45, 7) is 20.0. The van der Waals surface area contributed by atoms with Crippen LogP contribution in [-0.4, -0.2) is 29.9 Å². The van der Waals surface area contributed by atoms with Gasteiger partial charge in [-0.2, -0.15) is 0 Å². The molecular weight excluding hydrogens is 641 g/mol. The summed E-state index contributed by atoms with van der Waals surface area (Å²) in [6, 6.07) is 33.9. The van der Waals surface area contributed by atoms with Crippen LogP contribution in [0.25, 0.3) is 32.2 Å². The molecule has 0 aliphatic rings. The second-order valence-corrected chi connectivity index (χ2v) is 9.28. The minimum Gasteiger partial charge on any atom is -0.345 e. The Morgan fingerprint density at radius 1 is 0.449 bits per heavy atom. The zero-order valence-corrected chi connectivity index (χ0v) is 32.6. The van der Waals surface area contributed by atoms with Crippen LogP contribution < -0.4 is 0 Å². The maximum Gasteiger partial charge on any atom is 0.0931 e. The van der Waals surface area contributed by atoms with E-state index >= 15 is 0 Å². The van der Waals surface area contributed by atoms with Crippen LogP contribution in [-0.2, 0) is 0 Å². The third kappa shape index (κ3) is 21.7. The van der Waals surface area contributed by atoms with Gasteiger partial charge in [0.1, 0.15) is 0 Å². The minimum absolute atomic E-state index is 1.03. The van der Waals surface area contributed by atoms with Gasteiger partial charge in [0.25, 0.3) is 0 Å². The average molecular weight is 697 g/mol. The van der Waals surface area contributed by atoms with Gasteiger partial charge in [-0.1, -0.05) is 124 Å². The van der Waals surface area contributed by atoms with Gasteiger partial charge in [0.15, 0.2) is 0 Å². The second kappa shape index (κ2) is 36.1. The fraction of sp³-hybridized carbons (Fsp3) is 0.244. The SMILES string of the molecule is CC.CC.CC.CC.CC.c1ccc2[nH]cnc2c1.c1ccc2ncccc2c1.c1ccc2scnc2c1.c1ccncc1.c1cscn1. The van der Waals surface area contributed by atoms with Crippen LogP contribution in [0.2, 0.25) is 0 Å². The molecule has 3 aromatic carbocycles. The largest absolute Gasteiger partial charge is 0.345 e. The van der Waals surface area contributed by atoms with Crippen molar-refractivity contribution in [2.45, 2.75) is 69.2 Å². The third-order valence-corrected chi connectivity index (χ3v) is 6.32. The van der Waals surface area contributed by atoms with Crippen LogP contribution in [0.3, 0.4) is 0 Å². The highest BCUT2D eigenvalue weighted by atomic mass is 32.1. The number of hydrogen-bond donors (Lipinski definition) is 1. The summed E-state index contributed by atoms with van der Waals surface area (Å²) in [7, 11) is 0. The molecule has 0 saturated carbocycles. The second-order valence-electron chi connectivity index (χ2n) is 7.64. The van der Waals surface area contributed by atoms with Gasteiger partial charge in [-0.3, -0.25) is 15.0 Å². The highest BCUT2D eigenvalue weighted by molar-refractivity contribution is 7.16. The van der Waals surface area contributed by atoms with Gasteiger partial charge < -0.3 is 4.98 Å². The van der Waals surface area contributed by atoms with E-state index in [2.05, 4.69) is 48.1 Å². The molecule has 0 saturated heterocycles. The molecule has 6 nitrogen and oxygen atoms in total. The molecule has 0 radical (unpaired) electrons. The molecule has 0 fully saturated rings. The summed E-state index contributed by atoms with van der Waals surface area (Å²) in [6.07, 6.45) is 8.78. The molecule has 0 aliphatic carbocycles. The van der Waals surface area contributed by atoms with E-state index in [0.717, 1.165) is 22.1 Å². The fourth-order valence-corrected chi connectivity index (χ4v) is 4.22. The van der Waals surface area contributed by atoms with E-state index in [-0.39, 0.29) is 0 Å². The molecule has 8 heteroatoms. The number of H-pyrrole nitrogens is 1. The van der Waals surface area contributed by atoms with Crippen molar-refractivity contribution in [1.82, 2.24) is 29.9 Å². The topological polar surface area (TPSA) is 80.2 Å². The van der Waals surface area contributed by atoms with Crippen molar-refractivity contribution < 1.29 is 0 Å². The van der Waals surface area contributed by atoms with Gasteiger partial charge in [-0.15, -0.1) is 22.7 Å². The van der Waals surface area contributed by atoms with Crippen LogP contribution in [0.4, 0.5) is 0 Å². The molecule has 1 N–H and O–H groups in total. The Kier molecular flexibility index (Phi) is 34.1. The lowest BCUT2D eigenvalue weighted by Gasteiger charge is -1.91. The molecule has 0 atom stereocenters. The highest BCUT2D eigenvalue weighted by Gasteiger charge is 1.90. The normalized spacial score (nSPS) is 8.20. The maximum absolute atomic E-state index is 4.18. The van der Waals surface area contributed by atoms with E-state index in [9.17, 15) is 0 Å². The number of pyridine rings is 2. The van der Waals surface area contributed by atoms with Crippen molar-refractivity contribution in [2.75, 3.05) is 0 Å². The number of hydrogen-bond acceptors (Lipinski definition) is 7. The maximum atomic E-state index is 4.18. The Balaban J connectivity index is 0. The lowest BCUT2D eigenvalue weighted by molar-refractivity contribution is 1.33. The Morgan fingerprint density at radius 3 is 1.55 bits per heavy atom. The van der Waals surface area contributed by atoms with Crippen LogP contribution in [0.15, 0.2) is 151 Å². The minimum atomic E-state index is 1.03. The first-order valence-corrected chi connectivity index (χ1v) is 18.9. The number of nitrogens with zero attached hydrogens (tertiary/aromatic N) is 5. The summed E-state index contributed by atoms with van der Waals surface area (Å²) in [5, 5.41) is 3.13. The molecule has 0 spiro atoms. The van der Waals surface area contributed by atoms with Crippen molar-refractivity contribution >= 4 is 54.8 Å². The summed E-state index contributed by atoms with van der Waals surface area (Å²) < 4.78 is 1.26. The summed E-state index contributed by atoms with van der Waals surface area (Å²) in [5.41, 5.74) is 7.94. The lowest BCUT2D eigenvalue weighted by Crippen LogP contribution is -1.73. The van der Waals surface area contributed by atoms with E-state index in [1.54, 1.807) is 53.1 Å². The number of aromatic amines is 1. The first-order valence-electron chi connectivity index (χ1n) is 17.0. The van der Waals surface area contributed by atoms with Gasteiger partial charge in [0.2, 0.25) is 0 Å². The lowest BCUT2D eigenvalue weighted by atomic mass is 10.2. The molecule has 5 heterocycles. The molecule has 8 aromatic rings. The first kappa shape index (κ1) is 46.3. The summed E-state index contributed by atoms with van der Waals surface area (Å²) >= 11 is 3.28. The summed E-state index contributed by atoms with van der Waals surface area (Å²) in [4.78, 5) is 22.9. The Morgan fingerprint density at radius 2 is 1.04 bits per heavy atom. The molecule has 0 bridgehead atoms. The van der Waals surface area contributed by atoms with Crippen LogP contribution >= 0.6 is 22.7 Å². The Labute approximate surface area is 303 Å². The average Bonchev–Trinajstić information content (AvgIpc) is 4.05. The van der Waals surface area contributed by atoms with Crippen molar-refractivity contribution in [2.24, 2.45) is 0 Å². The van der Waals surface area contributed by atoms with Gasteiger partial charge >= 0.3 is 0 Å². The highest BCUT2D eigenvalue weighted by Crippen LogP contribution is 2.15. The first-order chi connectivity index (χ1) is 24.4. The molecule has 5 aromatic heterocycles. The number of aromatic nitrogens is 6. The third-order valence-electron chi connectivity index (χ3n) is 4.99. The van der Waals surface area contributed by atoms with Crippen LogP contribution in [0.5, 0.6) is 0 Å². The number of rotatable bonds is 0. The van der Waals surface area contributed by atoms with Crippen molar-refractivity contribution in [1.29, 1.82) is 0 Å². The van der Waals surface area contributed by atoms with Gasteiger partial charge in [-0.05, 0) is 48.5 Å². The predicted molar refractivity (Wildman–Crippen MR) is 221 cm³/mol. The number of para-hydroxylation sites is 4. The Bertz CT molecular complexity index is 1500. The zero-order chi connectivity index (χ0) is 36.8. The Hall–Kier alpha value is -4.79. The van der Waals surface area contributed by atoms with E-state index in [0.29, 0.717) is 0 Å². The molecule has 0 amide bonds. The smallest absolute Gasteiger partial charge is 0.0931 e. The molecule has 0 unspecified atom stereocenters. The predicted octanol–water partition coefficient (Wildman–Crippen LogP) is 13.4. The number of imidazole rings is 1. The summed E-state index contributed by atoms with van der Waals surface area (Å²) in [5.74, 6) is 0. The van der Waals surface area contributed by atoms with Crippen LogP contribution in [0.1, 0.15) is 69.2 Å². The fourth-order valence-electron chi connectivity index (χ4n) is 3.19. The monoisotopic (exact) mass is 696 g/mol. The molecule has 262 valence electrons. The van der Waals surface area contributed by atoms with E-state index in [1.165, 1.54) is 10.1 Å². The molecular formula is C41H56N6S2. The molecule has 0 aliphatic heterocycles. The van der Waals surface area contributed by atoms with Crippen molar-refractivity contribution in [3.63, 3.8) is 0 Å². The number of thiazole rings is 2. The van der Waals surface area contributed by atoms with Gasteiger partial charge in [-0.25, -0.2) is 9.97 Å². The number of fused-ring (bicyclic) bond motifs is 3. The number of benzene rings is 3. The standard InChI is InChI=1S/C9H7N.C7H6N2.C7H5NS.C5H5N.C3H3NS.5C2H6/c1-2-6-9-8(4-1)5-3-7-10-9;2*1-2-4-7-6(3-1)8-5-9-7;1-2-4-6-5-3-1;1-2-5-3-4-1;5*1-2/h1-7H;1-5H,(H,8,9);1-5H;1-5H;1-3H;5*1-2H3.